The second kappa shape index (κ2) is 13.4. The number of benzene rings is 2. The van der Waals surface area contributed by atoms with Crippen LogP contribution >= 0.6 is 0 Å². The Labute approximate surface area is 264 Å². The molecule has 2 aromatic carbocycles. The van der Waals surface area contributed by atoms with Gasteiger partial charge in [-0.25, -0.2) is 22.3 Å². The number of fused-ring (bicyclic) bond motifs is 1. The van der Waals surface area contributed by atoms with Crippen molar-refractivity contribution in [3.63, 3.8) is 0 Å². The van der Waals surface area contributed by atoms with Crippen LogP contribution in [0, 0.1) is 17.7 Å². The summed E-state index contributed by atoms with van der Waals surface area (Å²) in [6, 6.07) is 11.4. The van der Waals surface area contributed by atoms with Crippen LogP contribution in [0.4, 0.5) is 4.39 Å². The fraction of sp³-hybridized carbons (Fsp3) is 0.485. The smallest absolute Gasteiger partial charge is 0.355 e. The molecule has 10 nitrogen and oxygen atoms in total. The molecule has 0 unspecified atom stereocenters. The van der Waals surface area contributed by atoms with Crippen molar-refractivity contribution in [1.82, 2.24) is 29.6 Å². The number of likely N-dealkylation sites (tertiary alicyclic amines) is 1. The molecule has 5 rings (SSSR count). The Morgan fingerprint density at radius 3 is 2.51 bits per heavy atom. The van der Waals surface area contributed by atoms with Crippen molar-refractivity contribution < 1.29 is 22.3 Å². The van der Waals surface area contributed by atoms with Gasteiger partial charge in [0, 0.05) is 36.1 Å². The van der Waals surface area contributed by atoms with Crippen molar-refractivity contribution in [3.8, 4) is 11.3 Å². The minimum absolute atomic E-state index is 0.0394. The Hall–Kier alpha value is -3.61. The molecule has 0 saturated carbocycles. The predicted molar refractivity (Wildman–Crippen MR) is 172 cm³/mol. The number of H-pyrrole nitrogens is 1. The number of hydrogen-bond donors (Lipinski definition) is 2. The van der Waals surface area contributed by atoms with Gasteiger partial charge in [-0.2, -0.15) is 0 Å². The molecule has 1 aliphatic rings. The number of nitrogens with one attached hydrogen (secondary N) is 2. The second-order valence-electron chi connectivity index (χ2n) is 13.3. The fourth-order valence-electron chi connectivity index (χ4n) is 5.61. The summed E-state index contributed by atoms with van der Waals surface area (Å²) in [7, 11) is -3.57. The molecule has 1 saturated heterocycles. The van der Waals surface area contributed by atoms with Gasteiger partial charge in [-0.1, -0.05) is 52.0 Å². The third-order valence-electron chi connectivity index (χ3n) is 8.21. The zero-order valence-electron chi connectivity index (χ0n) is 26.6. The number of ether oxygens (including phenoxy) is 1. The molecule has 0 atom stereocenters. The van der Waals surface area contributed by atoms with E-state index >= 15 is 0 Å². The Bertz CT molecular complexity index is 1730. The van der Waals surface area contributed by atoms with Crippen LogP contribution in [-0.4, -0.2) is 72.1 Å². The highest BCUT2D eigenvalue weighted by atomic mass is 32.2. The molecular formula is C33H43FN6O4S. The predicted octanol–water partition coefficient (Wildman–Crippen LogP) is 5.37. The number of aromatic nitrogens is 4. The van der Waals surface area contributed by atoms with Gasteiger partial charge in [0.25, 0.3) is 0 Å². The fourth-order valence-corrected chi connectivity index (χ4v) is 6.63. The normalized spacial score (nSPS) is 15.3. The molecule has 1 aliphatic heterocycles. The second-order valence-corrected chi connectivity index (χ2v) is 15.1. The molecule has 3 heterocycles. The lowest BCUT2D eigenvalue weighted by atomic mass is 9.87. The number of sulfonamides is 1. The van der Waals surface area contributed by atoms with Gasteiger partial charge in [-0.15, -0.1) is 5.10 Å². The highest BCUT2D eigenvalue weighted by Crippen LogP contribution is 2.33. The van der Waals surface area contributed by atoms with E-state index in [1.54, 1.807) is 29.1 Å². The molecule has 4 aromatic rings. The zero-order chi connectivity index (χ0) is 32.4. The van der Waals surface area contributed by atoms with E-state index < -0.39 is 21.8 Å². The molecule has 0 bridgehead atoms. The summed E-state index contributed by atoms with van der Waals surface area (Å²) in [4.78, 5) is 18.6. The van der Waals surface area contributed by atoms with Crippen LogP contribution in [0.2, 0.25) is 0 Å². The lowest BCUT2D eigenvalue weighted by Crippen LogP contribution is -2.40. The molecule has 2 N–H and O–H groups in total. The van der Waals surface area contributed by atoms with E-state index in [1.807, 2.05) is 26.0 Å². The van der Waals surface area contributed by atoms with Gasteiger partial charge in [0.05, 0.1) is 17.7 Å². The van der Waals surface area contributed by atoms with Crippen LogP contribution in [-0.2, 0) is 26.7 Å². The van der Waals surface area contributed by atoms with Gasteiger partial charge >= 0.3 is 5.97 Å². The molecule has 0 spiro atoms. The third kappa shape index (κ3) is 7.98. The maximum Gasteiger partial charge on any atom is 0.355 e. The quantitative estimate of drug-likeness (QED) is 0.212. The van der Waals surface area contributed by atoms with Crippen LogP contribution in [0.25, 0.3) is 22.2 Å². The molecule has 0 aliphatic carbocycles. The van der Waals surface area contributed by atoms with Crippen molar-refractivity contribution >= 4 is 26.9 Å². The summed E-state index contributed by atoms with van der Waals surface area (Å²) in [5.74, 6) is -0.388. The summed E-state index contributed by atoms with van der Waals surface area (Å²) in [6.45, 7) is 13.8. The number of nitrogens with zero attached hydrogens (tertiary/aromatic N) is 4. The number of aromatic amines is 1. The van der Waals surface area contributed by atoms with Crippen molar-refractivity contribution in [2.45, 2.75) is 64.3 Å². The Balaban J connectivity index is 1.16. The van der Waals surface area contributed by atoms with Gasteiger partial charge < -0.3 is 14.6 Å². The molecule has 1 fully saturated rings. The maximum absolute atomic E-state index is 14.2. The van der Waals surface area contributed by atoms with Gasteiger partial charge in [-0.05, 0) is 79.1 Å². The molecule has 2 aromatic heterocycles. The van der Waals surface area contributed by atoms with Gasteiger partial charge in [0.2, 0.25) is 10.0 Å². The molecule has 45 heavy (non-hydrogen) atoms. The third-order valence-corrected chi connectivity index (χ3v) is 9.69. The Morgan fingerprint density at radius 1 is 1.13 bits per heavy atom. The lowest BCUT2D eigenvalue weighted by Gasteiger charge is -2.31. The van der Waals surface area contributed by atoms with Crippen LogP contribution in [0.1, 0.15) is 63.5 Å². The van der Waals surface area contributed by atoms with Crippen molar-refractivity contribution in [1.29, 1.82) is 0 Å². The van der Waals surface area contributed by atoms with Crippen LogP contribution in [0.5, 0.6) is 0 Å². The summed E-state index contributed by atoms with van der Waals surface area (Å²) in [5, 5.41) is 9.23. The first-order valence-corrected chi connectivity index (χ1v) is 17.0. The number of halogens is 1. The minimum atomic E-state index is -3.57. The molecule has 12 heteroatoms. The van der Waals surface area contributed by atoms with E-state index in [0.29, 0.717) is 47.7 Å². The molecular weight excluding hydrogens is 595 g/mol. The van der Waals surface area contributed by atoms with E-state index in [4.69, 9.17) is 4.74 Å². The van der Waals surface area contributed by atoms with E-state index in [0.717, 1.165) is 31.5 Å². The summed E-state index contributed by atoms with van der Waals surface area (Å²) in [5.41, 5.74) is 2.85. The van der Waals surface area contributed by atoms with Crippen LogP contribution in [0.3, 0.4) is 0 Å². The van der Waals surface area contributed by atoms with Crippen molar-refractivity contribution in [2.24, 2.45) is 11.8 Å². The minimum Gasteiger partial charge on any atom is -0.461 e. The average Bonchev–Trinajstić information content (AvgIpc) is 3.60. The summed E-state index contributed by atoms with van der Waals surface area (Å²) < 4.78 is 49.8. The van der Waals surface area contributed by atoms with E-state index in [1.165, 1.54) is 12.1 Å². The van der Waals surface area contributed by atoms with E-state index in [2.05, 4.69) is 45.7 Å². The number of esters is 1. The maximum atomic E-state index is 14.2. The number of hydrogen-bond acceptors (Lipinski definition) is 7. The number of carbonyl (C=O) groups excluding carboxylic acids is 1. The number of carbonyl (C=O) groups is 1. The number of piperidine rings is 1. The van der Waals surface area contributed by atoms with Crippen LogP contribution in [0.15, 0.2) is 53.6 Å². The van der Waals surface area contributed by atoms with Crippen LogP contribution < -0.4 is 4.72 Å². The Morgan fingerprint density at radius 2 is 1.84 bits per heavy atom. The largest absolute Gasteiger partial charge is 0.461 e. The first-order valence-electron chi connectivity index (χ1n) is 15.5. The SMILES string of the molecule is CC(C)COC(=O)c1[nH]c2ccc(F)cc2c1-c1cn(CC2CCN(CCNS(=O)(=O)c3ccc(C(C)(C)C)cc3)CC2)nn1. The molecule has 242 valence electrons. The van der Waals surface area contributed by atoms with Crippen molar-refractivity contribution in [3.05, 3.63) is 65.7 Å². The first-order chi connectivity index (χ1) is 21.3. The Kier molecular flexibility index (Phi) is 9.76. The summed E-state index contributed by atoms with van der Waals surface area (Å²) >= 11 is 0. The van der Waals surface area contributed by atoms with Crippen molar-refractivity contribution in [2.75, 3.05) is 32.8 Å². The number of rotatable bonds is 11. The van der Waals surface area contributed by atoms with E-state index in [9.17, 15) is 17.6 Å². The average molecular weight is 639 g/mol. The highest BCUT2D eigenvalue weighted by molar-refractivity contribution is 7.89. The topological polar surface area (TPSA) is 122 Å². The van der Waals surface area contributed by atoms with Gasteiger partial charge in [0.1, 0.15) is 17.2 Å². The first kappa shape index (κ1) is 32.8. The monoisotopic (exact) mass is 638 g/mol. The lowest BCUT2D eigenvalue weighted by molar-refractivity contribution is 0.0454. The molecule has 0 radical (unpaired) electrons. The molecule has 0 amide bonds. The van der Waals surface area contributed by atoms with Gasteiger partial charge in [0.15, 0.2) is 0 Å². The van der Waals surface area contributed by atoms with E-state index in [-0.39, 0.29) is 28.5 Å². The zero-order valence-corrected chi connectivity index (χ0v) is 27.5. The van der Waals surface area contributed by atoms with Gasteiger partial charge in [-0.3, -0.25) is 4.68 Å². The highest BCUT2D eigenvalue weighted by Gasteiger charge is 2.25. The standard InChI is InChI=1S/C33H43FN6O4S/c1-22(2)21-44-32(41)31-30(27-18-25(34)8-11-28(27)36-31)29-20-40(38-37-29)19-23-12-15-39(16-13-23)17-14-35-45(42,43)26-9-6-24(7-10-26)33(3,4)5/h6-11,18,20,22-23,35-36H,12-17,19,21H2,1-5H3. The summed E-state index contributed by atoms with van der Waals surface area (Å²) in [6.07, 6.45) is 3.66.